The summed E-state index contributed by atoms with van der Waals surface area (Å²) in [7, 11) is 0. The molecule has 1 saturated heterocycles. The quantitative estimate of drug-likeness (QED) is 0.579. The largest absolute Gasteiger partial charge is 0.454 e. The van der Waals surface area contributed by atoms with E-state index in [9.17, 15) is 33.2 Å². The second-order valence-corrected chi connectivity index (χ2v) is 6.55. The number of aliphatic hydroxyl groups is 1. The van der Waals surface area contributed by atoms with E-state index in [1.807, 2.05) is 0 Å². The van der Waals surface area contributed by atoms with E-state index in [1.54, 1.807) is 0 Å². The van der Waals surface area contributed by atoms with Gasteiger partial charge in [-0.1, -0.05) is 6.58 Å². The van der Waals surface area contributed by atoms with Crippen LogP contribution in [-0.2, 0) is 6.54 Å². The van der Waals surface area contributed by atoms with Crippen molar-refractivity contribution in [2.45, 2.75) is 38.7 Å². The maximum Gasteiger partial charge on any atom is 0.438 e. The lowest BCUT2D eigenvalue weighted by Crippen LogP contribution is -2.59. The Kier molecular flexibility index (Phi) is 4.65. The number of hydrazine groups is 1. The summed E-state index contributed by atoms with van der Waals surface area (Å²) in [4.78, 5) is 23.0. The van der Waals surface area contributed by atoms with Crippen molar-refractivity contribution >= 4 is 11.6 Å². The van der Waals surface area contributed by atoms with Gasteiger partial charge in [0.25, 0.3) is 5.72 Å². The molecule has 0 aliphatic carbocycles. The molecule has 0 bridgehead atoms. The van der Waals surface area contributed by atoms with Crippen molar-refractivity contribution < 1.29 is 32.4 Å². The summed E-state index contributed by atoms with van der Waals surface area (Å²) in [5.41, 5.74) is -1.28. The third-order valence-electron chi connectivity index (χ3n) is 4.46. The van der Waals surface area contributed by atoms with Gasteiger partial charge in [0, 0.05) is 12.1 Å². The Morgan fingerprint density at radius 1 is 1.48 bits per heavy atom. The number of rotatable bonds is 4. The minimum absolute atomic E-state index is 0.0199. The first-order valence-electron chi connectivity index (χ1n) is 8.20. The second-order valence-electron chi connectivity index (χ2n) is 6.55. The van der Waals surface area contributed by atoms with Gasteiger partial charge < -0.3 is 9.52 Å². The maximum absolute atomic E-state index is 13.3. The van der Waals surface area contributed by atoms with Crippen LogP contribution >= 0.6 is 0 Å². The summed E-state index contributed by atoms with van der Waals surface area (Å²) in [6, 6.07) is 2.46. The Hall–Kier alpha value is -3.35. The van der Waals surface area contributed by atoms with Crippen molar-refractivity contribution in [3.63, 3.8) is 0 Å². The number of nitro groups is 1. The highest BCUT2D eigenvalue weighted by molar-refractivity contribution is 5.92. The van der Waals surface area contributed by atoms with Crippen LogP contribution in [0.3, 0.4) is 0 Å². The van der Waals surface area contributed by atoms with Crippen molar-refractivity contribution in [2.75, 3.05) is 0 Å². The van der Waals surface area contributed by atoms with Crippen LogP contribution in [0, 0.1) is 24.0 Å². The van der Waals surface area contributed by atoms with Gasteiger partial charge in [0.05, 0.1) is 11.5 Å². The number of carbonyl (C=O) groups excluding carboxylic acids is 1. The Morgan fingerprint density at radius 2 is 2.14 bits per heavy atom. The lowest BCUT2D eigenvalue weighted by molar-refractivity contribution is -0.386. The average molecular weight is 415 g/mol. The molecule has 156 valence electrons. The fraction of sp³-hybridized carbons (Fsp3) is 0.375. The molecule has 13 heteroatoms. The number of amides is 1. The van der Waals surface area contributed by atoms with E-state index < -0.39 is 34.9 Å². The van der Waals surface area contributed by atoms with Gasteiger partial charge in [0.1, 0.15) is 17.1 Å². The van der Waals surface area contributed by atoms with E-state index >= 15 is 0 Å². The first-order valence-corrected chi connectivity index (χ1v) is 8.20. The first kappa shape index (κ1) is 20.4. The Bertz CT molecular complexity index is 1010. The van der Waals surface area contributed by atoms with Gasteiger partial charge in [-0.2, -0.15) is 18.3 Å². The molecule has 3 heterocycles. The number of halogens is 3. The van der Waals surface area contributed by atoms with Crippen LogP contribution in [0.25, 0.3) is 0 Å². The van der Waals surface area contributed by atoms with Crippen LogP contribution in [0.15, 0.2) is 28.8 Å². The van der Waals surface area contributed by atoms with E-state index in [0.717, 1.165) is 6.07 Å². The molecule has 2 aromatic rings. The first-order chi connectivity index (χ1) is 13.3. The molecule has 1 atom stereocenters. The average Bonchev–Trinajstić information content (AvgIpc) is 3.24. The van der Waals surface area contributed by atoms with Crippen LogP contribution in [0.5, 0.6) is 0 Å². The normalized spacial score (nSPS) is 19.5. The second kappa shape index (κ2) is 6.62. The van der Waals surface area contributed by atoms with Gasteiger partial charge >= 0.3 is 17.8 Å². The number of nitrogens with one attached hydrogen (secondary N) is 1. The van der Waals surface area contributed by atoms with Gasteiger partial charge in [-0.3, -0.25) is 25.0 Å². The van der Waals surface area contributed by atoms with Crippen LogP contribution < -0.4 is 5.43 Å². The number of furan rings is 1. The molecular weight excluding hydrogens is 399 g/mol. The highest BCUT2D eigenvalue weighted by atomic mass is 19.4. The molecular formula is C16H16F3N5O5. The number of aromatic nitrogens is 2. The van der Waals surface area contributed by atoms with Gasteiger partial charge in [-0.15, -0.1) is 0 Å². The number of alkyl halides is 3. The Labute approximate surface area is 161 Å². The number of hydrogen-bond acceptors (Lipinski definition) is 7. The van der Waals surface area contributed by atoms with Gasteiger partial charge in [-0.05, 0) is 26.0 Å². The minimum Gasteiger partial charge on any atom is -0.454 e. The predicted molar refractivity (Wildman–Crippen MR) is 90.2 cm³/mol. The Morgan fingerprint density at radius 3 is 2.69 bits per heavy atom. The van der Waals surface area contributed by atoms with Crippen LogP contribution in [-0.4, -0.2) is 42.6 Å². The summed E-state index contributed by atoms with van der Waals surface area (Å²) >= 11 is 0. The molecule has 29 heavy (non-hydrogen) atoms. The van der Waals surface area contributed by atoms with Gasteiger partial charge in [0.15, 0.2) is 5.76 Å². The third-order valence-corrected chi connectivity index (χ3v) is 4.46. The highest BCUT2D eigenvalue weighted by Crippen LogP contribution is 2.41. The summed E-state index contributed by atoms with van der Waals surface area (Å²) in [6.07, 6.45) is -6.06. The lowest BCUT2D eigenvalue weighted by atomic mass is 10.1. The molecule has 1 fully saturated rings. The van der Waals surface area contributed by atoms with E-state index in [-0.39, 0.29) is 40.1 Å². The molecule has 0 saturated carbocycles. The highest BCUT2D eigenvalue weighted by Gasteiger charge is 2.63. The molecule has 0 spiro atoms. The van der Waals surface area contributed by atoms with Crippen molar-refractivity contribution in [1.29, 1.82) is 0 Å². The summed E-state index contributed by atoms with van der Waals surface area (Å²) < 4.78 is 46.4. The van der Waals surface area contributed by atoms with Crippen LogP contribution in [0.1, 0.15) is 34.1 Å². The molecule has 2 N–H and O–H groups in total. The van der Waals surface area contributed by atoms with Crippen LogP contribution in [0.2, 0.25) is 0 Å². The Balaban J connectivity index is 1.85. The molecule has 0 radical (unpaired) electrons. The number of hydrogen-bond donors (Lipinski definition) is 2. The van der Waals surface area contributed by atoms with Gasteiger partial charge in [0.2, 0.25) is 0 Å². The summed E-state index contributed by atoms with van der Waals surface area (Å²) in [5.74, 6) is -1.60. The molecule has 1 aliphatic rings. The lowest BCUT2D eigenvalue weighted by Gasteiger charge is -2.32. The SMILES string of the molecule is C=C1CC(O)(C(F)(F)F)N(C(=O)c2ccc(Cn3nc(C)c([N+](=O)[O-])c3C)o2)N1. The monoisotopic (exact) mass is 415 g/mol. The molecule has 1 aliphatic heterocycles. The molecule has 1 amide bonds. The van der Waals surface area contributed by atoms with Crippen molar-refractivity contribution in [3.8, 4) is 0 Å². The molecule has 0 aromatic carbocycles. The van der Waals surface area contributed by atoms with E-state index in [4.69, 9.17) is 4.42 Å². The van der Waals surface area contributed by atoms with E-state index in [1.165, 1.54) is 24.6 Å². The minimum atomic E-state index is -5.13. The van der Waals surface area contributed by atoms with E-state index in [2.05, 4.69) is 17.1 Å². The zero-order chi connectivity index (χ0) is 21.7. The smallest absolute Gasteiger partial charge is 0.438 e. The molecule has 1 unspecified atom stereocenters. The molecule has 3 rings (SSSR count). The van der Waals surface area contributed by atoms with Crippen LogP contribution in [0.4, 0.5) is 18.9 Å². The molecule has 10 nitrogen and oxygen atoms in total. The fourth-order valence-corrected chi connectivity index (χ4v) is 3.05. The standard InChI is InChI=1S/C16H16F3N5O5/c1-8-6-15(26,16(17,18)19)23(20-8)14(25)12-5-4-11(29-12)7-22-10(3)13(24(27)28)9(2)21-22/h4-5,20,26H,1,6-7H2,2-3H3. The fourth-order valence-electron chi connectivity index (χ4n) is 3.05. The van der Waals surface area contributed by atoms with Crippen molar-refractivity contribution in [3.05, 3.63) is 57.4 Å². The summed E-state index contributed by atoms with van der Waals surface area (Å²) in [5, 5.41) is 25.1. The van der Waals surface area contributed by atoms with Crippen molar-refractivity contribution in [2.24, 2.45) is 0 Å². The summed E-state index contributed by atoms with van der Waals surface area (Å²) in [6.45, 7) is 6.18. The topological polar surface area (TPSA) is 127 Å². The number of aryl methyl sites for hydroxylation is 1. The number of carbonyl (C=O) groups is 1. The number of nitrogens with zero attached hydrogens (tertiary/aromatic N) is 4. The zero-order valence-electron chi connectivity index (χ0n) is 15.3. The maximum atomic E-state index is 13.3. The predicted octanol–water partition coefficient (Wildman–Crippen LogP) is 2.16. The van der Waals surface area contributed by atoms with E-state index in [0.29, 0.717) is 0 Å². The molecule has 2 aromatic heterocycles. The van der Waals surface area contributed by atoms with Crippen molar-refractivity contribution in [1.82, 2.24) is 20.2 Å². The third kappa shape index (κ3) is 3.33. The zero-order valence-corrected chi connectivity index (χ0v) is 15.3. The van der Waals surface area contributed by atoms with Gasteiger partial charge in [-0.25, -0.2) is 5.01 Å².